The Morgan fingerprint density at radius 3 is 2.27 bits per heavy atom. The molecule has 0 N–H and O–H groups in total. The first-order valence-electron chi connectivity index (χ1n) is 4.66. The Labute approximate surface area is 95.2 Å². The van der Waals surface area contributed by atoms with Crippen LogP contribution >= 0.6 is 11.6 Å². The Morgan fingerprint density at radius 2 is 1.80 bits per heavy atom. The van der Waals surface area contributed by atoms with Gasteiger partial charge in [-0.25, -0.2) is 0 Å². The summed E-state index contributed by atoms with van der Waals surface area (Å²) in [6.07, 6.45) is 1.80. The molecule has 0 unspecified atom stereocenters. The monoisotopic (exact) mass is 223 g/mol. The molecule has 3 heteroatoms. The first-order valence-corrected chi connectivity index (χ1v) is 5.03. The zero-order valence-electron chi connectivity index (χ0n) is 9.12. The lowest BCUT2D eigenvalue weighted by Crippen LogP contribution is -2.07. The molecule has 0 heterocycles. The van der Waals surface area contributed by atoms with E-state index in [9.17, 15) is 4.79 Å². The highest BCUT2D eigenvalue weighted by Crippen LogP contribution is 2.13. The third-order valence-electron chi connectivity index (χ3n) is 1.92. The molecule has 0 radical (unpaired) electrons. The Balaban J connectivity index is 2.90. The number of nitrogens with zero attached hydrogens (tertiary/aromatic N) is 1. The SMILES string of the molecule is CC(=CN(C)C)C(=O)c1ccc(Cl)cc1. The Kier molecular flexibility index (Phi) is 3.92. The van der Waals surface area contributed by atoms with Gasteiger partial charge in [-0.1, -0.05) is 11.6 Å². The fourth-order valence-electron chi connectivity index (χ4n) is 1.27. The van der Waals surface area contributed by atoms with E-state index >= 15 is 0 Å². The minimum atomic E-state index is 0.0281. The number of halogens is 1. The van der Waals surface area contributed by atoms with Crippen LogP contribution in [0.15, 0.2) is 36.0 Å². The van der Waals surface area contributed by atoms with Crippen molar-refractivity contribution in [1.29, 1.82) is 0 Å². The predicted molar refractivity (Wildman–Crippen MR) is 63.2 cm³/mol. The summed E-state index contributed by atoms with van der Waals surface area (Å²) in [5.41, 5.74) is 1.37. The van der Waals surface area contributed by atoms with E-state index in [0.717, 1.165) is 0 Å². The summed E-state index contributed by atoms with van der Waals surface area (Å²) in [7, 11) is 3.78. The Hall–Kier alpha value is -1.28. The highest BCUT2D eigenvalue weighted by Gasteiger charge is 2.07. The van der Waals surface area contributed by atoms with E-state index in [1.807, 2.05) is 19.0 Å². The highest BCUT2D eigenvalue weighted by atomic mass is 35.5. The number of hydrogen-bond acceptors (Lipinski definition) is 2. The van der Waals surface area contributed by atoms with Crippen molar-refractivity contribution >= 4 is 17.4 Å². The van der Waals surface area contributed by atoms with E-state index in [0.29, 0.717) is 16.2 Å². The largest absolute Gasteiger partial charge is 0.383 e. The number of carbonyl (C=O) groups excluding carboxylic acids is 1. The number of hydrogen-bond donors (Lipinski definition) is 0. The van der Waals surface area contributed by atoms with Gasteiger partial charge < -0.3 is 4.90 Å². The Morgan fingerprint density at radius 1 is 1.27 bits per heavy atom. The van der Waals surface area contributed by atoms with Crippen LogP contribution in [0.1, 0.15) is 17.3 Å². The maximum atomic E-state index is 11.9. The van der Waals surface area contributed by atoms with Crippen LogP contribution in [0.25, 0.3) is 0 Å². The third-order valence-corrected chi connectivity index (χ3v) is 2.17. The van der Waals surface area contributed by atoms with Crippen molar-refractivity contribution in [2.45, 2.75) is 6.92 Å². The van der Waals surface area contributed by atoms with E-state index in [1.165, 1.54) is 0 Å². The second-order valence-electron chi connectivity index (χ2n) is 3.61. The summed E-state index contributed by atoms with van der Waals surface area (Å²) in [6, 6.07) is 6.91. The number of carbonyl (C=O) groups is 1. The molecule has 1 aromatic rings. The van der Waals surface area contributed by atoms with Crippen LogP contribution < -0.4 is 0 Å². The second-order valence-corrected chi connectivity index (χ2v) is 4.05. The molecule has 0 saturated carbocycles. The lowest BCUT2D eigenvalue weighted by molar-refractivity contribution is 0.103. The average Bonchev–Trinajstić information content (AvgIpc) is 2.17. The van der Waals surface area contributed by atoms with Gasteiger partial charge in [0.15, 0.2) is 5.78 Å². The molecule has 80 valence electrons. The van der Waals surface area contributed by atoms with Crippen molar-refractivity contribution in [3.63, 3.8) is 0 Å². The van der Waals surface area contributed by atoms with Gasteiger partial charge in [0.1, 0.15) is 0 Å². The van der Waals surface area contributed by atoms with Gasteiger partial charge in [0.25, 0.3) is 0 Å². The molecule has 0 spiro atoms. The van der Waals surface area contributed by atoms with Crippen molar-refractivity contribution in [3.8, 4) is 0 Å². The quantitative estimate of drug-likeness (QED) is 0.580. The van der Waals surface area contributed by atoms with Gasteiger partial charge >= 0.3 is 0 Å². The normalized spacial score (nSPS) is 11.3. The molecule has 2 nitrogen and oxygen atoms in total. The number of Topliss-reactive ketones (excluding diaryl/α,β-unsaturated/α-hetero) is 1. The van der Waals surface area contributed by atoms with E-state index in [-0.39, 0.29) is 5.78 Å². The van der Waals surface area contributed by atoms with Crippen molar-refractivity contribution in [2.75, 3.05) is 14.1 Å². The van der Waals surface area contributed by atoms with E-state index in [1.54, 1.807) is 37.4 Å². The van der Waals surface area contributed by atoms with Gasteiger partial charge in [-0.15, -0.1) is 0 Å². The van der Waals surface area contributed by atoms with Crippen LogP contribution in [0.2, 0.25) is 5.02 Å². The van der Waals surface area contributed by atoms with Crippen LogP contribution in [0, 0.1) is 0 Å². The molecule has 0 amide bonds. The smallest absolute Gasteiger partial charge is 0.190 e. The zero-order valence-corrected chi connectivity index (χ0v) is 9.88. The van der Waals surface area contributed by atoms with Crippen LogP contribution in [-0.2, 0) is 0 Å². The minimum absolute atomic E-state index is 0.0281. The van der Waals surface area contributed by atoms with Crippen molar-refractivity contribution in [2.24, 2.45) is 0 Å². The number of allylic oxidation sites excluding steroid dienone is 1. The van der Waals surface area contributed by atoms with Gasteiger partial charge in [0.2, 0.25) is 0 Å². The van der Waals surface area contributed by atoms with Crippen LogP contribution in [-0.4, -0.2) is 24.8 Å². The molecule has 0 aliphatic carbocycles. The fourth-order valence-corrected chi connectivity index (χ4v) is 1.40. The lowest BCUT2D eigenvalue weighted by Gasteiger charge is -2.07. The zero-order chi connectivity index (χ0) is 11.4. The van der Waals surface area contributed by atoms with E-state index in [2.05, 4.69) is 0 Å². The topological polar surface area (TPSA) is 20.3 Å². The van der Waals surface area contributed by atoms with Crippen molar-refractivity contribution < 1.29 is 4.79 Å². The maximum absolute atomic E-state index is 11.9. The summed E-state index contributed by atoms with van der Waals surface area (Å²) >= 11 is 5.75. The molecular formula is C12H14ClNO. The first kappa shape index (κ1) is 11.8. The molecule has 0 saturated heterocycles. The summed E-state index contributed by atoms with van der Waals surface area (Å²) in [6.45, 7) is 1.80. The van der Waals surface area contributed by atoms with Gasteiger partial charge in [-0.3, -0.25) is 4.79 Å². The molecule has 0 bridgehead atoms. The van der Waals surface area contributed by atoms with Crippen molar-refractivity contribution in [3.05, 3.63) is 46.6 Å². The maximum Gasteiger partial charge on any atom is 0.190 e. The molecular weight excluding hydrogens is 210 g/mol. The molecule has 0 aliphatic heterocycles. The highest BCUT2D eigenvalue weighted by molar-refractivity contribution is 6.30. The molecule has 0 atom stereocenters. The molecule has 15 heavy (non-hydrogen) atoms. The molecule has 1 aromatic carbocycles. The molecule has 0 aliphatic rings. The fraction of sp³-hybridized carbons (Fsp3) is 0.250. The average molecular weight is 224 g/mol. The molecule has 1 rings (SSSR count). The second kappa shape index (κ2) is 4.99. The van der Waals surface area contributed by atoms with Crippen LogP contribution in [0.4, 0.5) is 0 Å². The van der Waals surface area contributed by atoms with Gasteiger partial charge in [-0.05, 0) is 31.2 Å². The molecule has 0 fully saturated rings. The van der Waals surface area contributed by atoms with E-state index < -0.39 is 0 Å². The standard InChI is InChI=1S/C12H14ClNO/c1-9(8-14(2)3)12(15)10-4-6-11(13)7-5-10/h4-8H,1-3H3. The lowest BCUT2D eigenvalue weighted by atomic mass is 10.1. The van der Waals surface area contributed by atoms with E-state index in [4.69, 9.17) is 11.6 Å². The van der Waals surface area contributed by atoms with Gasteiger partial charge in [0.05, 0.1) is 0 Å². The van der Waals surface area contributed by atoms with Crippen LogP contribution in [0.3, 0.4) is 0 Å². The Bertz CT molecular complexity index is 379. The van der Waals surface area contributed by atoms with Gasteiger partial charge in [-0.2, -0.15) is 0 Å². The summed E-state index contributed by atoms with van der Waals surface area (Å²) in [5, 5.41) is 0.640. The molecule has 0 aromatic heterocycles. The summed E-state index contributed by atoms with van der Waals surface area (Å²) in [4.78, 5) is 13.7. The van der Waals surface area contributed by atoms with Gasteiger partial charge in [0, 0.05) is 36.5 Å². The van der Waals surface area contributed by atoms with Crippen LogP contribution in [0.5, 0.6) is 0 Å². The van der Waals surface area contributed by atoms with Crippen molar-refractivity contribution in [1.82, 2.24) is 4.90 Å². The minimum Gasteiger partial charge on any atom is -0.383 e. The first-order chi connectivity index (χ1) is 7.00. The number of rotatable bonds is 3. The third kappa shape index (κ3) is 3.40. The number of ketones is 1. The summed E-state index contributed by atoms with van der Waals surface area (Å²) in [5.74, 6) is 0.0281. The summed E-state index contributed by atoms with van der Waals surface area (Å²) < 4.78 is 0. The number of benzene rings is 1. The predicted octanol–water partition coefficient (Wildman–Crippen LogP) is 2.99.